The first kappa shape index (κ1) is 11.2. The molecule has 1 aliphatic rings. The van der Waals surface area contributed by atoms with Crippen LogP contribution in [0.5, 0.6) is 0 Å². The summed E-state index contributed by atoms with van der Waals surface area (Å²) in [5.41, 5.74) is 0.938. The summed E-state index contributed by atoms with van der Waals surface area (Å²) in [6.45, 7) is 0. The molecule has 2 atom stereocenters. The summed E-state index contributed by atoms with van der Waals surface area (Å²) in [4.78, 5) is 4.42. The molecule has 0 saturated heterocycles. The minimum absolute atomic E-state index is 0.0416. The lowest BCUT2D eigenvalue weighted by Crippen LogP contribution is -1.84. The molecule has 96 valence electrons. The number of rotatable bonds is 2. The Morgan fingerprint density at radius 1 is 1.15 bits per heavy atom. The predicted octanol–water partition coefficient (Wildman–Crippen LogP) is 3.52. The minimum Gasteiger partial charge on any atom is -0.339 e. The second kappa shape index (κ2) is 4.17. The van der Waals surface area contributed by atoms with Crippen LogP contribution in [0.15, 0.2) is 47.0 Å². The lowest BCUT2D eigenvalue weighted by molar-refractivity contribution is 0.378. The zero-order valence-electron chi connectivity index (χ0n) is 10.7. The zero-order valence-corrected chi connectivity index (χ0v) is 10.7. The molecule has 0 N–H and O–H groups in total. The third-order valence-corrected chi connectivity index (χ3v) is 3.72. The smallest absolute Gasteiger partial charge is 0.231 e. The fourth-order valence-electron chi connectivity index (χ4n) is 2.44. The van der Waals surface area contributed by atoms with Crippen molar-refractivity contribution < 1.29 is 4.52 Å². The average molecular weight is 261 g/mol. The molecule has 2 unspecified atom stereocenters. The third-order valence-electron chi connectivity index (χ3n) is 3.72. The molecule has 1 saturated carbocycles. The van der Waals surface area contributed by atoms with E-state index in [1.54, 1.807) is 0 Å². The Morgan fingerprint density at radius 2 is 2.00 bits per heavy atom. The van der Waals surface area contributed by atoms with Gasteiger partial charge in [-0.15, -0.1) is 0 Å². The van der Waals surface area contributed by atoms with E-state index < -0.39 is 0 Å². The fourth-order valence-corrected chi connectivity index (χ4v) is 2.44. The van der Waals surface area contributed by atoms with Gasteiger partial charge in [-0.3, -0.25) is 0 Å². The average Bonchev–Trinajstić information content (AvgIpc) is 3.14. The monoisotopic (exact) mass is 261 g/mol. The molecule has 20 heavy (non-hydrogen) atoms. The van der Waals surface area contributed by atoms with Crippen LogP contribution in [-0.4, -0.2) is 10.1 Å². The standard InChI is InChI=1S/C16H11N3O/c17-9-13-8-14(13)16-18-15(19-20-16)12-6-5-10-3-1-2-4-11(10)7-12/h1-7,13-14H,8H2. The van der Waals surface area contributed by atoms with Gasteiger partial charge in [0.2, 0.25) is 11.7 Å². The van der Waals surface area contributed by atoms with Crippen molar-refractivity contribution in [3.05, 3.63) is 48.4 Å². The van der Waals surface area contributed by atoms with Crippen molar-refractivity contribution in [3.63, 3.8) is 0 Å². The Hall–Kier alpha value is -2.67. The highest BCUT2D eigenvalue weighted by Gasteiger charge is 2.43. The SMILES string of the molecule is N#CC1CC1c1nc(-c2ccc3ccccc3c2)no1. The van der Waals surface area contributed by atoms with E-state index in [0.717, 1.165) is 17.4 Å². The summed E-state index contributed by atoms with van der Waals surface area (Å²) in [7, 11) is 0. The minimum atomic E-state index is 0.0416. The second-order valence-electron chi connectivity index (χ2n) is 5.10. The summed E-state index contributed by atoms with van der Waals surface area (Å²) >= 11 is 0. The van der Waals surface area contributed by atoms with Gasteiger partial charge >= 0.3 is 0 Å². The number of hydrogen-bond acceptors (Lipinski definition) is 4. The van der Waals surface area contributed by atoms with Crippen molar-refractivity contribution in [1.29, 1.82) is 5.26 Å². The van der Waals surface area contributed by atoms with Crippen LogP contribution in [-0.2, 0) is 0 Å². The van der Waals surface area contributed by atoms with Crippen molar-refractivity contribution in [2.75, 3.05) is 0 Å². The number of nitriles is 1. The number of fused-ring (bicyclic) bond motifs is 1. The van der Waals surface area contributed by atoms with Gasteiger partial charge in [-0.25, -0.2) is 0 Å². The van der Waals surface area contributed by atoms with Gasteiger partial charge < -0.3 is 4.52 Å². The van der Waals surface area contributed by atoms with E-state index in [2.05, 4.69) is 40.5 Å². The number of nitrogens with zero attached hydrogens (tertiary/aromatic N) is 3. The molecule has 0 amide bonds. The maximum absolute atomic E-state index is 8.84. The first-order valence-corrected chi connectivity index (χ1v) is 6.57. The van der Waals surface area contributed by atoms with Crippen molar-refractivity contribution in [1.82, 2.24) is 10.1 Å². The molecule has 2 aromatic carbocycles. The van der Waals surface area contributed by atoms with Crippen LogP contribution in [0.2, 0.25) is 0 Å². The van der Waals surface area contributed by atoms with Crippen LogP contribution in [0.25, 0.3) is 22.2 Å². The van der Waals surface area contributed by atoms with E-state index >= 15 is 0 Å². The quantitative estimate of drug-likeness (QED) is 0.708. The van der Waals surface area contributed by atoms with Gasteiger partial charge in [-0.05, 0) is 23.3 Å². The molecule has 0 radical (unpaired) electrons. The molecular formula is C16H11N3O. The van der Waals surface area contributed by atoms with Gasteiger partial charge in [0.1, 0.15) is 0 Å². The van der Waals surface area contributed by atoms with Gasteiger partial charge in [0.05, 0.1) is 17.9 Å². The third kappa shape index (κ3) is 1.76. The maximum Gasteiger partial charge on any atom is 0.231 e. The molecule has 4 nitrogen and oxygen atoms in total. The molecule has 1 aliphatic carbocycles. The lowest BCUT2D eigenvalue weighted by atomic mass is 10.1. The van der Waals surface area contributed by atoms with Gasteiger partial charge in [-0.1, -0.05) is 41.6 Å². The summed E-state index contributed by atoms with van der Waals surface area (Å²) in [6.07, 6.45) is 0.829. The van der Waals surface area contributed by atoms with Crippen LogP contribution in [0.3, 0.4) is 0 Å². The van der Waals surface area contributed by atoms with Crippen LogP contribution in [0.1, 0.15) is 18.2 Å². The van der Waals surface area contributed by atoms with Crippen molar-refractivity contribution in [2.24, 2.45) is 5.92 Å². The van der Waals surface area contributed by atoms with Gasteiger partial charge in [0, 0.05) is 5.56 Å². The maximum atomic E-state index is 8.84. The highest BCUT2D eigenvalue weighted by atomic mass is 16.5. The zero-order chi connectivity index (χ0) is 13.5. The molecule has 4 heteroatoms. The molecule has 0 bridgehead atoms. The molecule has 0 spiro atoms. The Bertz CT molecular complexity index is 831. The van der Waals surface area contributed by atoms with E-state index in [1.165, 1.54) is 5.39 Å². The molecule has 0 aliphatic heterocycles. The fraction of sp³-hybridized carbons (Fsp3) is 0.188. The molecule has 1 heterocycles. The van der Waals surface area contributed by atoms with Crippen molar-refractivity contribution in [3.8, 4) is 17.5 Å². The van der Waals surface area contributed by atoms with Crippen LogP contribution in [0, 0.1) is 17.2 Å². The van der Waals surface area contributed by atoms with E-state index in [1.807, 2.05) is 18.2 Å². The van der Waals surface area contributed by atoms with Gasteiger partial charge in [0.25, 0.3) is 0 Å². The number of hydrogen-bond donors (Lipinski definition) is 0. The lowest BCUT2D eigenvalue weighted by Gasteiger charge is -1.99. The normalized spacial score (nSPS) is 20.8. The Morgan fingerprint density at radius 3 is 2.80 bits per heavy atom. The van der Waals surface area contributed by atoms with Crippen LogP contribution in [0.4, 0.5) is 0 Å². The van der Waals surface area contributed by atoms with Crippen molar-refractivity contribution >= 4 is 10.8 Å². The second-order valence-corrected chi connectivity index (χ2v) is 5.10. The summed E-state index contributed by atoms with van der Waals surface area (Å²) in [5, 5.41) is 15.2. The van der Waals surface area contributed by atoms with Crippen LogP contribution < -0.4 is 0 Å². The number of aromatic nitrogens is 2. The Kier molecular flexibility index (Phi) is 2.33. The molecule has 1 aromatic heterocycles. The summed E-state index contributed by atoms with van der Waals surface area (Å²) in [6, 6.07) is 16.5. The van der Waals surface area contributed by atoms with E-state index in [4.69, 9.17) is 9.78 Å². The number of benzene rings is 2. The first-order chi connectivity index (χ1) is 9.85. The van der Waals surface area contributed by atoms with Gasteiger partial charge in [0.15, 0.2) is 0 Å². The Labute approximate surface area is 115 Å². The summed E-state index contributed by atoms with van der Waals surface area (Å²) in [5.74, 6) is 1.34. The van der Waals surface area contributed by atoms with Crippen LogP contribution >= 0.6 is 0 Å². The summed E-state index contributed by atoms with van der Waals surface area (Å²) < 4.78 is 5.27. The van der Waals surface area contributed by atoms with Crippen molar-refractivity contribution in [2.45, 2.75) is 12.3 Å². The highest BCUT2D eigenvalue weighted by Crippen LogP contribution is 2.46. The largest absolute Gasteiger partial charge is 0.339 e. The molecule has 3 aromatic rings. The van der Waals surface area contributed by atoms with E-state index in [9.17, 15) is 0 Å². The molecular weight excluding hydrogens is 250 g/mol. The molecule has 1 fully saturated rings. The van der Waals surface area contributed by atoms with Gasteiger partial charge in [-0.2, -0.15) is 10.2 Å². The molecule has 4 rings (SSSR count). The first-order valence-electron chi connectivity index (χ1n) is 6.57. The Balaban J connectivity index is 1.71. The van der Waals surface area contributed by atoms with E-state index in [-0.39, 0.29) is 11.8 Å². The van der Waals surface area contributed by atoms with E-state index in [0.29, 0.717) is 11.7 Å². The predicted molar refractivity (Wildman–Crippen MR) is 73.7 cm³/mol. The topological polar surface area (TPSA) is 62.7 Å². The highest BCUT2D eigenvalue weighted by molar-refractivity contribution is 5.86.